The van der Waals surface area contributed by atoms with Gasteiger partial charge in [-0.25, -0.2) is 0 Å². The van der Waals surface area contributed by atoms with Gasteiger partial charge in [0.05, 0.1) is 0 Å². The second kappa shape index (κ2) is 10.5. The number of benzene rings is 1. The first-order valence-corrected chi connectivity index (χ1v) is 7.00. The molecule has 1 heterocycles. The molecule has 0 radical (unpaired) electrons. The smallest absolute Gasteiger partial charge is 0.0409 e. The SMILES string of the molecule is C=CCC[C@@H](c1cccc(Cl)c1)N1CCNCC1.Cl.Cl. The molecule has 0 aliphatic carbocycles. The Balaban J connectivity index is 0.00000180. The van der Waals surface area contributed by atoms with E-state index in [9.17, 15) is 0 Å². The Morgan fingerprint density at radius 1 is 1.30 bits per heavy atom. The fraction of sp³-hybridized carbons (Fsp3) is 0.467. The molecule has 0 unspecified atom stereocenters. The molecule has 1 aromatic rings. The topological polar surface area (TPSA) is 15.3 Å². The van der Waals surface area contributed by atoms with Gasteiger partial charge in [0.2, 0.25) is 0 Å². The molecule has 1 fully saturated rings. The zero-order valence-electron chi connectivity index (χ0n) is 11.6. The lowest BCUT2D eigenvalue weighted by molar-refractivity contribution is 0.166. The number of nitrogens with one attached hydrogen (secondary N) is 1. The Morgan fingerprint density at radius 3 is 2.60 bits per heavy atom. The van der Waals surface area contributed by atoms with Crippen molar-refractivity contribution in [3.05, 3.63) is 47.5 Å². The molecule has 1 aliphatic heterocycles. The number of nitrogens with zero attached hydrogens (tertiary/aromatic N) is 1. The number of hydrogen-bond acceptors (Lipinski definition) is 2. The summed E-state index contributed by atoms with van der Waals surface area (Å²) in [5.74, 6) is 0. The summed E-state index contributed by atoms with van der Waals surface area (Å²) in [6.07, 6.45) is 4.16. The first-order valence-electron chi connectivity index (χ1n) is 6.62. The molecule has 0 aromatic heterocycles. The van der Waals surface area contributed by atoms with Gasteiger partial charge in [0.15, 0.2) is 0 Å². The maximum absolute atomic E-state index is 6.11. The summed E-state index contributed by atoms with van der Waals surface area (Å²) in [6.45, 7) is 8.19. The Labute approximate surface area is 139 Å². The van der Waals surface area contributed by atoms with E-state index in [0.29, 0.717) is 6.04 Å². The number of hydrogen-bond donors (Lipinski definition) is 1. The highest BCUT2D eigenvalue weighted by Gasteiger charge is 2.21. The molecule has 5 heteroatoms. The van der Waals surface area contributed by atoms with E-state index in [1.165, 1.54) is 5.56 Å². The molecule has 20 heavy (non-hydrogen) atoms. The van der Waals surface area contributed by atoms with Crippen LogP contribution >= 0.6 is 36.4 Å². The summed E-state index contributed by atoms with van der Waals surface area (Å²) in [5, 5.41) is 4.23. The van der Waals surface area contributed by atoms with Crippen molar-refractivity contribution in [1.82, 2.24) is 10.2 Å². The van der Waals surface area contributed by atoms with Crippen LogP contribution in [0.2, 0.25) is 5.02 Å². The minimum Gasteiger partial charge on any atom is -0.314 e. The lowest BCUT2D eigenvalue weighted by Crippen LogP contribution is -2.45. The summed E-state index contributed by atoms with van der Waals surface area (Å²) in [5.41, 5.74) is 1.33. The maximum atomic E-state index is 6.11. The van der Waals surface area contributed by atoms with Gasteiger partial charge in [-0.2, -0.15) is 0 Å². The molecular weight excluding hydrogens is 315 g/mol. The van der Waals surface area contributed by atoms with Gasteiger partial charge in [0, 0.05) is 37.2 Å². The van der Waals surface area contributed by atoms with E-state index < -0.39 is 0 Å². The highest BCUT2D eigenvalue weighted by atomic mass is 35.5. The third-order valence-corrected chi connectivity index (χ3v) is 3.71. The van der Waals surface area contributed by atoms with E-state index in [1.54, 1.807) is 0 Å². The molecule has 1 aliphatic rings. The van der Waals surface area contributed by atoms with Crippen LogP contribution in [0.1, 0.15) is 24.4 Å². The van der Waals surface area contributed by atoms with Crippen LogP contribution in [0.5, 0.6) is 0 Å². The average Bonchev–Trinajstić information content (AvgIpc) is 2.40. The van der Waals surface area contributed by atoms with E-state index in [0.717, 1.165) is 44.0 Å². The summed E-state index contributed by atoms with van der Waals surface area (Å²) in [6, 6.07) is 8.72. The third kappa shape index (κ3) is 5.63. The van der Waals surface area contributed by atoms with Gasteiger partial charge >= 0.3 is 0 Å². The van der Waals surface area contributed by atoms with Crippen molar-refractivity contribution in [1.29, 1.82) is 0 Å². The first kappa shape index (κ1) is 19.8. The Kier molecular flexibility index (Phi) is 10.3. The molecule has 2 nitrogen and oxygen atoms in total. The number of allylic oxidation sites excluding steroid dienone is 1. The standard InChI is InChI=1S/C15H21ClN2.2ClH/c1-2-3-7-15(18-10-8-17-9-11-18)13-5-4-6-14(16)12-13;;/h2,4-6,12,15,17H,1,3,7-11H2;2*1H/t15-;;/m0../s1. The second-order valence-corrected chi connectivity index (χ2v) is 5.16. The van der Waals surface area contributed by atoms with Crippen LogP contribution in [0, 0.1) is 0 Å². The van der Waals surface area contributed by atoms with Crippen molar-refractivity contribution in [3.63, 3.8) is 0 Å². The fourth-order valence-corrected chi connectivity index (χ4v) is 2.74. The molecule has 114 valence electrons. The van der Waals surface area contributed by atoms with Crippen LogP contribution in [-0.4, -0.2) is 31.1 Å². The number of rotatable bonds is 5. The molecular formula is C15H23Cl3N2. The quantitative estimate of drug-likeness (QED) is 0.814. The molecule has 0 amide bonds. The summed E-state index contributed by atoms with van der Waals surface area (Å²) >= 11 is 6.11. The minimum atomic E-state index is 0. The monoisotopic (exact) mass is 336 g/mol. The van der Waals surface area contributed by atoms with Crippen molar-refractivity contribution in [2.75, 3.05) is 26.2 Å². The zero-order valence-corrected chi connectivity index (χ0v) is 13.9. The van der Waals surface area contributed by atoms with Gasteiger partial charge < -0.3 is 5.32 Å². The number of halogens is 3. The Hall–Kier alpha value is -0.250. The molecule has 0 saturated carbocycles. The van der Waals surface area contributed by atoms with E-state index in [-0.39, 0.29) is 24.8 Å². The molecule has 1 atom stereocenters. The second-order valence-electron chi connectivity index (χ2n) is 4.72. The molecule has 0 bridgehead atoms. The highest BCUT2D eigenvalue weighted by molar-refractivity contribution is 6.30. The predicted molar refractivity (Wildman–Crippen MR) is 92.6 cm³/mol. The van der Waals surface area contributed by atoms with Crippen LogP contribution in [0.3, 0.4) is 0 Å². The van der Waals surface area contributed by atoms with Crippen LogP contribution in [0.25, 0.3) is 0 Å². The lowest BCUT2D eigenvalue weighted by Gasteiger charge is -2.35. The summed E-state index contributed by atoms with van der Waals surface area (Å²) in [4.78, 5) is 2.55. The van der Waals surface area contributed by atoms with E-state index >= 15 is 0 Å². The number of piperazine rings is 1. The van der Waals surface area contributed by atoms with Crippen LogP contribution < -0.4 is 5.32 Å². The largest absolute Gasteiger partial charge is 0.314 e. The molecule has 1 aromatic carbocycles. The highest BCUT2D eigenvalue weighted by Crippen LogP contribution is 2.28. The predicted octanol–water partition coefficient (Wildman–Crippen LogP) is 4.10. The van der Waals surface area contributed by atoms with Crippen LogP contribution in [0.4, 0.5) is 0 Å². The van der Waals surface area contributed by atoms with Crippen LogP contribution in [-0.2, 0) is 0 Å². The summed E-state index contributed by atoms with van der Waals surface area (Å²) < 4.78 is 0. The van der Waals surface area contributed by atoms with Crippen molar-refractivity contribution < 1.29 is 0 Å². The van der Waals surface area contributed by atoms with E-state index in [4.69, 9.17) is 11.6 Å². The zero-order chi connectivity index (χ0) is 12.8. The molecule has 1 N–H and O–H groups in total. The molecule has 1 saturated heterocycles. The van der Waals surface area contributed by atoms with Crippen molar-refractivity contribution >= 4 is 36.4 Å². The van der Waals surface area contributed by atoms with Crippen molar-refractivity contribution in [2.24, 2.45) is 0 Å². The average molecular weight is 338 g/mol. The fourth-order valence-electron chi connectivity index (χ4n) is 2.54. The lowest BCUT2D eigenvalue weighted by atomic mass is 9.99. The van der Waals surface area contributed by atoms with Gasteiger partial charge in [-0.1, -0.05) is 29.8 Å². The Bertz CT molecular complexity index is 392. The third-order valence-electron chi connectivity index (χ3n) is 3.47. The van der Waals surface area contributed by atoms with E-state index in [1.807, 2.05) is 18.2 Å². The van der Waals surface area contributed by atoms with Crippen LogP contribution in [0.15, 0.2) is 36.9 Å². The van der Waals surface area contributed by atoms with E-state index in [2.05, 4.69) is 28.9 Å². The van der Waals surface area contributed by atoms with Gasteiger partial charge in [0.25, 0.3) is 0 Å². The minimum absolute atomic E-state index is 0. The summed E-state index contributed by atoms with van der Waals surface area (Å²) in [7, 11) is 0. The molecule has 2 rings (SSSR count). The van der Waals surface area contributed by atoms with Gasteiger partial charge in [0.1, 0.15) is 0 Å². The van der Waals surface area contributed by atoms with Gasteiger partial charge in [-0.15, -0.1) is 31.4 Å². The molecule has 0 spiro atoms. The Morgan fingerprint density at radius 2 is 2.00 bits per heavy atom. The van der Waals surface area contributed by atoms with Crippen molar-refractivity contribution in [2.45, 2.75) is 18.9 Å². The van der Waals surface area contributed by atoms with Gasteiger partial charge in [-0.3, -0.25) is 4.90 Å². The first-order chi connectivity index (χ1) is 8.81. The maximum Gasteiger partial charge on any atom is 0.0409 e. The van der Waals surface area contributed by atoms with Crippen molar-refractivity contribution in [3.8, 4) is 0 Å². The van der Waals surface area contributed by atoms with Gasteiger partial charge in [-0.05, 0) is 30.5 Å². The normalized spacial score (nSPS) is 16.6.